The summed E-state index contributed by atoms with van der Waals surface area (Å²) in [5.74, 6) is 0.742. The molecular weight excluding hydrogens is 312 g/mol. The van der Waals surface area contributed by atoms with Crippen LogP contribution in [0.4, 0.5) is 11.4 Å². The van der Waals surface area contributed by atoms with E-state index in [9.17, 15) is 14.9 Å². The van der Waals surface area contributed by atoms with Gasteiger partial charge in [0.05, 0.1) is 31.1 Å². The Hall–Kier alpha value is -3.09. The molecule has 2 aromatic carbocycles. The molecule has 0 unspecified atom stereocenters. The highest BCUT2D eigenvalue weighted by Crippen LogP contribution is 2.29. The summed E-state index contributed by atoms with van der Waals surface area (Å²) in [7, 11) is 1.42. The Kier molecular flexibility index (Phi) is 5.73. The second kappa shape index (κ2) is 7.96. The molecule has 2 rings (SSSR count). The lowest BCUT2D eigenvalue weighted by Crippen LogP contribution is -2.15. The van der Waals surface area contributed by atoms with Crippen LogP contribution in [0, 0.1) is 10.1 Å². The van der Waals surface area contributed by atoms with E-state index in [-0.39, 0.29) is 23.7 Å². The van der Waals surface area contributed by atoms with Crippen LogP contribution in [0.25, 0.3) is 0 Å². The van der Waals surface area contributed by atoms with Crippen LogP contribution in [0.2, 0.25) is 0 Å². The average molecular weight is 330 g/mol. The normalized spacial score (nSPS) is 10.1. The monoisotopic (exact) mass is 330 g/mol. The van der Waals surface area contributed by atoms with Crippen molar-refractivity contribution >= 4 is 17.3 Å². The van der Waals surface area contributed by atoms with Crippen molar-refractivity contribution in [1.29, 1.82) is 0 Å². The fourth-order valence-electron chi connectivity index (χ4n) is 2.15. The Morgan fingerprint density at radius 1 is 1.17 bits per heavy atom. The van der Waals surface area contributed by atoms with Crippen LogP contribution in [-0.2, 0) is 11.2 Å². The topological polar surface area (TPSA) is 90.7 Å². The SMILES string of the molecule is CCOc1ccc(CC(=O)Nc2ccc(OC)cc2[N+](=O)[O-])cc1. The zero-order valence-corrected chi connectivity index (χ0v) is 13.4. The molecule has 0 aliphatic rings. The van der Waals surface area contributed by atoms with Gasteiger partial charge in [-0.3, -0.25) is 14.9 Å². The number of methoxy groups -OCH3 is 1. The summed E-state index contributed by atoms with van der Waals surface area (Å²) in [6.45, 7) is 2.46. The van der Waals surface area contributed by atoms with Gasteiger partial charge in [0.25, 0.3) is 5.69 Å². The van der Waals surface area contributed by atoms with Crippen molar-refractivity contribution in [2.75, 3.05) is 19.0 Å². The zero-order chi connectivity index (χ0) is 17.5. The average Bonchev–Trinajstić information content (AvgIpc) is 2.57. The van der Waals surface area contributed by atoms with Gasteiger partial charge in [-0.15, -0.1) is 0 Å². The van der Waals surface area contributed by atoms with Gasteiger partial charge in [-0.25, -0.2) is 0 Å². The van der Waals surface area contributed by atoms with Gasteiger partial charge in [-0.1, -0.05) is 12.1 Å². The van der Waals surface area contributed by atoms with Crippen molar-refractivity contribution in [3.63, 3.8) is 0 Å². The van der Waals surface area contributed by atoms with Crippen LogP contribution in [0.1, 0.15) is 12.5 Å². The summed E-state index contributed by atoms with van der Waals surface area (Å²) in [5.41, 5.74) is 0.707. The molecule has 1 amide bonds. The quantitative estimate of drug-likeness (QED) is 0.622. The van der Waals surface area contributed by atoms with Gasteiger partial charge in [0.15, 0.2) is 0 Å². The van der Waals surface area contributed by atoms with Gasteiger partial charge in [0, 0.05) is 0 Å². The van der Waals surface area contributed by atoms with Crippen molar-refractivity contribution in [2.24, 2.45) is 0 Å². The standard InChI is InChI=1S/C17H18N2O5/c1-3-24-13-6-4-12(5-7-13)10-17(20)18-15-9-8-14(23-2)11-16(15)19(21)22/h4-9,11H,3,10H2,1-2H3,(H,18,20). The van der Waals surface area contributed by atoms with E-state index in [0.717, 1.165) is 11.3 Å². The fraction of sp³-hybridized carbons (Fsp3) is 0.235. The largest absolute Gasteiger partial charge is 0.496 e. The van der Waals surface area contributed by atoms with Crippen LogP contribution >= 0.6 is 0 Å². The minimum atomic E-state index is -0.561. The highest BCUT2D eigenvalue weighted by atomic mass is 16.6. The molecule has 0 atom stereocenters. The molecule has 0 bridgehead atoms. The van der Waals surface area contributed by atoms with Crippen molar-refractivity contribution < 1.29 is 19.2 Å². The van der Waals surface area contributed by atoms with Crippen molar-refractivity contribution in [1.82, 2.24) is 0 Å². The highest BCUT2D eigenvalue weighted by Gasteiger charge is 2.17. The van der Waals surface area contributed by atoms with Crippen molar-refractivity contribution in [2.45, 2.75) is 13.3 Å². The lowest BCUT2D eigenvalue weighted by molar-refractivity contribution is -0.384. The van der Waals surface area contributed by atoms with E-state index in [2.05, 4.69) is 5.32 Å². The number of nitrogens with zero attached hydrogens (tertiary/aromatic N) is 1. The molecule has 1 N–H and O–H groups in total. The number of anilines is 1. The second-order valence-corrected chi connectivity index (χ2v) is 4.94. The van der Waals surface area contributed by atoms with E-state index in [1.165, 1.54) is 19.2 Å². The Labute approximate surface area is 139 Å². The maximum Gasteiger partial charge on any atom is 0.296 e. The van der Waals surface area contributed by atoms with E-state index in [4.69, 9.17) is 9.47 Å². The second-order valence-electron chi connectivity index (χ2n) is 4.94. The number of nitro groups is 1. The van der Waals surface area contributed by atoms with Gasteiger partial charge in [0.2, 0.25) is 5.91 Å². The summed E-state index contributed by atoms with van der Waals surface area (Å²) in [4.78, 5) is 22.7. The minimum Gasteiger partial charge on any atom is -0.496 e. The first-order valence-electron chi connectivity index (χ1n) is 7.37. The van der Waals surface area contributed by atoms with E-state index in [0.29, 0.717) is 12.4 Å². The Morgan fingerprint density at radius 2 is 1.83 bits per heavy atom. The molecule has 24 heavy (non-hydrogen) atoms. The predicted octanol–water partition coefficient (Wildman–Crippen LogP) is 3.18. The van der Waals surface area contributed by atoms with Crippen molar-refractivity contribution in [3.05, 3.63) is 58.1 Å². The third kappa shape index (κ3) is 4.45. The molecule has 7 heteroatoms. The molecule has 7 nitrogen and oxygen atoms in total. The molecule has 0 fully saturated rings. The molecule has 0 saturated carbocycles. The molecule has 0 saturated heterocycles. The van der Waals surface area contributed by atoms with Crippen LogP contribution in [0.15, 0.2) is 42.5 Å². The number of amides is 1. The molecule has 0 spiro atoms. The number of nitro benzene ring substituents is 1. The maximum atomic E-state index is 12.1. The number of hydrogen-bond acceptors (Lipinski definition) is 5. The third-order valence-electron chi connectivity index (χ3n) is 3.27. The Bertz CT molecular complexity index is 728. The smallest absolute Gasteiger partial charge is 0.296 e. The van der Waals surface area contributed by atoms with Gasteiger partial charge in [0.1, 0.15) is 17.2 Å². The number of nitrogens with one attached hydrogen (secondary N) is 1. The van der Waals surface area contributed by atoms with Gasteiger partial charge in [-0.05, 0) is 36.8 Å². The number of hydrogen-bond donors (Lipinski definition) is 1. The van der Waals surface area contributed by atoms with Crippen LogP contribution < -0.4 is 14.8 Å². The maximum absolute atomic E-state index is 12.1. The summed E-state index contributed by atoms with van der Waals surface area (Å²) in [5, 5.41) is 13.7. The molecule has 0 aliphatic heterocycles. The van der Waals surface area contributed by atoms with Gasteiger partial charge in [-0.2, -0.15) is 0 Å². The zero-order valence-electron chi connectivity index (χ0n) is 13.4. The summed E-state index contributed by atoms with van der Waals surface area (Å²) in [6.07, 6.45) is 0.107. The first-order valence-corrected chi connectivity index (χ1v) is 7.37. The highest BCUT2D eigenvalue weighted by molar-refractivity contribution is 5.94. The molecule has 2 aromatic rings. The van der Waals surface area contributed by atoms with Crippen LogP contribution in [0.5, 0.6) is 11.5 Å². The molecule has 0 heterocycles. The third-order valence-corrected chi connectivity index (χ3v) is 3.27. The number of rotatable bonds is 7. The molecule has 126 valence electrons. The fourth-order valence-corrected chi connectivity index (χ4v) is 2.15. The van der Waals surface area contributed by atoms with E-state index < -0.39 is 4.92 Å². The van der Waals surface area contributed by atoms with E-state index in [1.54, 1.807) is 30.3 Å². The van der Waals surface area contributed by atoms with Gasteiger partial charge >= 0.3 is 0 Å². The van der Waals surface area contributed by atoms with Crippen LogP contribution in [-0.4, -0.2) is 24.5 Å². The molecular formula is C17H18N2O5. The van der Waals surface area contributed by atoms with E-state index in [1.807, 2.05) is 6.92 Å². The minimum absolute atomic E-state index is 0.107. The number of carbonyl (C=O) groups excluding carboxylic acids is 1. The van der Waals surface area contributed by atoms with Crippen LogP contribution in [0.3, 0.4) is 0 Å². The van der Waals surface area contributed by atoms with Gasteiger partial charge < -0.3 is 14.8 Å². The number of ether oxygens (including phenoxy) is 2. The van der Waals surface area contributed by atoms with E-state index >= 15 is 0 Å². The summed E-state index contributed by atoms with van der Waals surface area (Å²) < 4.78 is 10.3. The van der Waals surface area contributed by atoms with Crippen molar-refractivity contribution in [3.8, 4) is 11.5 Å². The summed E-state index contributed by atoms with van der Waals surface area (Å²) >= 11 is 0. The Morgan fingerprint density at radius 3 is 2.42 bits per heavy atom. The lowest BCUT2D eigenvalue weighted by Gasteiger charge is -2.08. The first kappa shape index (κ1) is 17.3. The molecule has 0 aromatic heterocycles. The predicted molar refractivity (Wildman–Crippen MR) is 89.6 cm³/mol. The number of carbonyl (C=O) groups is 1. The summed E-state index contributed by atoms with van der Waals surface area (Å²) in [6, 6.07) is 11.4. The molecule has 0 radical (unpaired) electrons. The number of benzene rings is 2. The first-order chi connectivity index (χ1) is 11.5. The lowest BCUT2D eigenvalue weighted by atomic mass is 10.1. The molecule has 0 aliphatic carbocycles. The Balaban J connectivity index is 2.08.